The molecule has 1 atom stereocenters. The van der Waals surface area contributed by atoms with Gasteiger partial charge >= 0.3 is 0 Å². The van der Waals surface area contributed by atoms with E-state index >= 15 is 0 Å². The molecule has 2 saturated heterocycles. The molecule has 0 aliphatic carbocycles. The molecule has 0 radical (unpaired) electrons. The highest BCUT2D eigenvalue weighted by atomic mass is 32.2. The molecule has 0 aromatic carbocycles. The molecule has 0 saturated carbocycles. The standard InChI is InChI=1S/C13H14N4O3S/c18-11(16-9-1-4-21-13(9)20)8-6-17(7-8)12(19)10-5-14-2-3-15-10/h2-3,5,8-9H,1,4,6-7H2,(H,16,18)/t9-/m0/s1. The molecule has 1 aromatic heterocycles. The number of nitrogens with one attached hydrogen (secondary N) is 1. The van der Waals surface area contributed by atoms with Crippen LogP contribution in [0.5, 0.6) is 0 Å². The van der Waals surface area contributed by atoms with Gasteiger partial charge in [-0.25, -0.2) is 4.98 Å². The highest BCUT2D eigenvalue weighted by Crippen LogP contribution is 2.22. The monoisotopic (exact) mass is 306 g/mol. The zero-order chi connectivity index (χ0) is 14.8. The van der Waals surface area contributed by atoms with Crippen LogP contribution in [0.1, 0.15) is 16.9 Å². The van der Waals surface area contributed by atoms with Crippen LogP contribution in [-0.4, -0.2) is 56.7 Å². The van der Waals surface area contributed by atoms with E-state index in [1.165, 1.54) is 30.4 Å². The summed E-state index contributed by atoms with van der Waals surface area (Å²) in [6, 6.07) is -0.368. The maximum absolute atomic E-state index is 12.0. The van der Waals surface area contributed by atoms with Gasteiger partial charge in [0, 0.05) is 31.2 Å². The number of rotatable bonds is 3. The summed E-state index contributed by atoms with van der Waals surface area (Å²) >= 11 is 1.25. The fourth-order valence-corrected chi connectivity index (χ4v) is 3.23. The summed E-state index contributed by atoms with van der Waals surface area (Å²) < 4.78 is 0. The lowest BCUT2D eigenvalue weighted by molar-refractivity contribution is -0.131. The lowest BCUT2D eigenvalue weighted by Gasteiger charge is -2.38. The Kier molecular flexibility index (Phi) is 3.87. The zero-order valence-electron chi connectivity index (χ0n) is 11.2. The van der Waals surface area contributed by atoms with E-state index in [4.69, 9.17) is 0 Å². The number of likely N-dealkylation sites (tertiary alicyclic amines) is 1. The van der Waals surface area contributed by atoms with Crippen LogP contribution in [0, 0.1) is 5.92 Å². The molecule has 2 aliphatic heterocycles. The number of thioether (sulfide) groups is 1. The van der Waals surface area contributed by atoms with Crippen LogP contribution < -0.4 is 5.32 Å². The predicted octanol–water partition coefficient (Wildman–Crippen LogP) is -0.303. The van der Waals surface area contributed by atoms with Gasteiger partial charge in [-0.2, -0.15) is 0 Å². The first-order chi connectivity index (χ1) is 10.1. The van der Waals surface area contributed by atoms with Gasteiger partial charge in [0.25, 0.3) is 5.91 Å². The van der Waals surface area contributed by atoms with Gasteiger partial charge < -0.3 is 10.2 Å². The van der Waals surface area contributed by atoms with Gasteiger partial charge in [-0.15, -0.1) is 0 Å². The van der Waals surface area contributed by atoms with E-state index in [2.05, 4.69) is 15.3 Å². The van der Waals surface area contributed by atoms with Crippen molar-refractivity contribution in [1.29, 1.82) is 0 Å². The zero-order valence-corrected chi connectivity index (χ0v) is 12.0. The fraction of sp³-hybridized carbons (Fsp3) is 0.462. The topological polar surface area (TPSA) is 92.3 Å². The molecular weight excluding hydrogens is 292 g/mol. The third-order valence-corrected chi connectivity index (χ3v) is 4.58. The number of nitrogens with zero attached hydrogens (tertiary/aromatic N) is 3. The van der Waals surface area contributed by atoms with Crippen LogP contribution in [0.15, 0.2) is 18.6 Å². The normalized spacial score (nSPS) is 22.0. The number of amides is 2. The molecule has 0 bridgehead atoms. The molecule has 1 aromatic rings. The van der Waals surface area contributed by atoms with E-state index in [-0.39, 0.29) is 34.6 Å². The van der Waals surface area contributed by atoms with Gasteiger partial charge in [-0.1, -0.05) is 11.8 Å². The number of carbonyl (C=O) groups is 3. The molecule has 2 amide bonds. The second-order valence-electron chi connectivity index (χ2n) is 5.02. The molecule has 3 rings (SSSR count). The minimum Gasteiger partial charge on any atom is -0.345 e. The molecule has 2 aliphatic rings. The summed E-state index contributed by atoms with van der Waals surface area (Å²) in [7, 11) is 0. The van der Waals surface area contributed by atoms with E-state index < -0.39 is 0 Å². The molecular formula is C13H14N4O3S. The highest BCUT2D eigenvalue weighted by molar-refractivity contribution is 8.14. The van der Waals surface area contributed by atoms with E-state index in [1.807, 2.05) is 0 Å². The number of carbonyl (C=O) groups excluding carboxylic acids is 3. The van der Waals surface area contributed by atoms with Crippen molar-refractivity contribution in [3.8, 4) is 0 Å². The van der Waals surface area contributed by atoms with Gasteiger partial charge in [0.1, 0.15) is 5.69 Å². The minimum atomic E-state index is -0.368. The van der Waals surface area contributed by atoms with E-state index in [1.54, 1.807) is 4.90 Å². The number of hydrogen-bond acceptors (Lipinski definition) is 6. The number of hydrogen-bond donors (Lipinski definition) is 1. The third kappa shape index (κ3) is 2.90. The summed E-state index contributed by atoms with van der Waals surface area (Å²) in [5, 5.41) is 2.78. The fourth-order valence-electron chi connectivity index (χ4n) is 2.30. The quantitative estimate of drug-likeness (QED) is 0.824. The maximum atomic E-state index is 12.0. The minimum absolute atomic E-state index is 0.0233. The summed E-state index contributed by atoms with van der Waals surface area (Å²) in [5.41, 5.74) is 0.277. The van der Waals surface area contributed by atoms with Gasteiger partial charge in [-0.3, -0.25) is 19.4 Å². The smallest absolute Gasteiger partial charge is 0.274 e. The maximum Gasteiger partial charge on any atom is 0.274 e. The van der Waals surface area contributed by atoms with Crippen LogP contribution in [0.2, 0.25) is 0 Å². The van der Waals surface area contributed by atoms with Crippen LogP contribution in [0.3, 0.4) is 0 Å². The van der Waals surface area contributed by atoms with E-state index in [0.29, 0.717) is 19.5 Å². The predicted molar refractivity (Wildman–Crippen MR) is 75.4 cm³/mol. The van der Waals surface area contributed by atoms with E-state index in [9.17, 15) is 14.4 Å². The van der Waals surface area contributed by atoms with Crippen LogP contribution in [0.25, 0.3) is 0 Å². The Morgan fingerprint density at radius 2 is 2.14 bits per heavy atom. The second kappa shape index (κ2) is 5.80. The molecule has 3 heterocycles. The van der Waals surface area contributed by atoms with Crippen molar-refractivity contribution in [2.75, 3.05) is 18.8 Å². The van der Waals surface area contributed by atoms with Crippen molar-refractivity contribution in [3.05, 3.63) is 24.3 Å². The molecule has 0 spiro atoms. The van der Waals surface area contributed by atoms with Crippen LogP contribution >= 0.6 is 11.8 Å². The van der Waals surface area contributed by atoms with Crippen molar-refractivity contribution in [2.45, 2.75) is 12.5 Å². The van der Waals surface area contributed by atoms with Gasteiger partial charge in [-0.05, 0) is 6.42 Å². The van der Waals surface area contributed by atoms with Crippen LogP contribution in [0.4, 0.5) is 0 Å². The lowest BCUT2D eigenvalue weighted by Crippen LogP contribution is -2.57. The summed E-state index contributed by atoms with van der Waals surface area (Å²) in [5.74, 6) is 0.133. The molecule has 0 unspecified atom stereocenters. The van der Waals surface area contributed by atoms with E-state index in [0.717, 1.165) is 5.75 Å². The average Bonchev–Trinajstić information content (AvgIpc) is 2.83. The Morgan fingerprint density at radius 1 is 1.33 bits per heavy atom. The highest BCUT2D eigenvalue weighted by Gasteiger charge is 2.38. The Balaban J connectivity index is 1.50. The number of aromatic nitrogens is 2. The molecule has 110 valence electrons. The molecule has 21 heavy (non-hydrogen) atoms. The van der Waals surface area contributed by atoms with Crippen LogP contribution in [-0.2, 0) is 9.59 Å². The molecule has 1 N–H and O–H groups in total. The van der Waals surface area contributed by atoms with Crippen molar-refractivity contribution >= 4 is 28.7 Å². The van der Waals surface area contributed by atoms with Gasteiger partial charge in [0.15, 0.2) is 0 Å². The Bertz CT molecular complexity index is 574. The Hall–Kier alpha value is -1.96. The first-order valence-electron chi connectivity index (χ1n) is 6.67. The van der Waals surface area contributed by atoms with Crippen molar-refractivity contribution < 1.29 is 14.4 Å². The first kappa shape index (κ1) is 14.0. The van der Waals surface area contributed by atoms with Gasteiger partial charge in [0.2, 0.25) is 11.0 Å². The second-order valence-corrected chi connectivity index (χ2v) is 6.11. The largest absolute Gasteiger partial charge is 0.345 e. The van der Waals surface area contributed by atoms with Crippen molar-refractivity contribution in [2.24, 2.45) is 5.92 Å². The molecule has 7 nitrogen and oxygen atoms in total. The molecule has 2 fully saturated rings. The average molecular weight is 306 g/mol. The molecule has 8 heteroatoms. The SMILES string of the molecule is O=C(N[C@H]1CCSC1=O)C1CN(C(=O)c2cnccn2)C1. The summed E-state index contributed by atoms with van der Waals surface area (Å²) in [6.07, 6.45) is 5.05. The van der Waals surface area contributed by atoms with Crippen molar-refractivity contribution in [3.63, 3.8) is 0 Å². The first-order valence-corrected chi connectivity index (χ1v) is 7.66. The lowest BCUT2D eigenvalue weighted by atomic mass is 9.98. The third-order valence-electron chi connectivity index (χ3n) is 3.57. The van der Waals surface area contributed by atoms with Gasteiger partial charge in [0.05, 0.1) is 18.2 Å². The summed E-state index contributed by atoms with van der Waals surface area (Å²) in [4.78, 5) is 44.8. The Labute approximate surface area is 125 Å². The Morgan fingerprint density at radius 3 is 2.76 bits per heavy atom. The van der Waals surface area contributed by atoms with Crippen molar-refractivity contribution in [1.82, 2.24) is 20.2 Å². The summed E-state index contributed by atoms with van der Waals surface area (Å²) in [6.45, 7) is 0.713.